The van der Waals surface area contributed by atoms with E-state index in [2.05, 4.69) is 26.1 Å². The summed E-state index contributed by atoms with van der Waals surface area (Å²) in [5.41, 5.74) is -0.303. The summed E-state index contributed by atoms with van der Waals surface area (Å²) in [6, 6.07) is 4.06. The molecule has 19 heavy (non-hydrogen) atoms. The third-order valence-electron chi connectivity index (χ3n) is 2.60. The predicted octanol–water partition coefficient (Wildman–Crippen LogP) is 4.42. The summed E-state index contributed by atoms with van der Waals surface area (Å²) in [7, 11) is 0. The maximum Gasteiger partial charge on any atom is 0.254 e. The van der Waals surface area contributed by atoms with Crippen LogP contribution in [0.5, 0.6) is 0 Å². The van der Waals surface area contributed by atoms with Crippen molar-refractivity contribution in [3.05, 3.63) is 34.6 Å². The molecule has 0 saturated carbocycles. The largest absolute Gasteiger partial charge is 0.347 e. The Morgan fingerprint density at radius 1 is 1.26 bits per heavy atom. The molecule has 1 N–H and O–H groups in total. The number of nitrogens with one attached hydrogen (secondary N) is 1. The van der Waals surface area contributed by atoms with Crippen LogP contribution >= 0.6 is 11.6 Å². The molecule has 1 amide bonds. The van der Waals surface area contributed by atoms with Crippen LogP contribution in [0.4, 0.5) is 4.39 Å². The Morgan fingerprint density at radius 2 is 1.84 bits per heavy atom. The molecule has 1 aromatic carbocycles. The second-order valence-electron chi connectivity index (χ2n) is 6.70. The van der Waals surface area contributed by atoms with E-state index in [9.17, 15) is 9.18 Å². The van der Waals surface area contributed by atoms with Gasteiger partial charge in [-0.25, -0.2) is 4.39 Å². The van der Waals surface area contributed by atoms with E-state index in [-0.39, 0.29) is 16.0 Å². The average molecular weight is 286 g/mol. The highest BCUT2D eigenvalue weighted by molar-refractivity contribution is 6.30. The van der Waals surface area contributed by atoms with E-state index in [0.29, 0.717) is 0 Å². The maximum atomic E-state index is 13.7. The molecule has 0 aromatic heterocycles. The fourth-order valence-corrected chi connectivity index (χ4v) is 2.58. The van der Waals surface area contributed by atoms with Gasteiger partial charge in [-0.15, -0.1) is 0 Å². The predicted molar refractivity (Wildman–Crippen MR) is 77.0 cm³/mol. The monoisotopic (exact) mass is 285 g/mol. The Bertz CT molecular complexity index is 478. The standard InChI is InChI=1S/C15H21ClFNO/c1-14(2,3)9-15(4,5)18-13(19)11-7-6-10(16)8-12(11)17/h6-8H,9H2,1-5H3,(H,18,19). The van der Waals surface area contributed by atoms with Crippen molar-refractivity contribution in [1.82, 2.24) is 5.32 Å². The molecular formula is C15H21ClFNO. The molecular weight excluding hydrogens is 265 g/mol. The Hall–Kier alpha value is -1.09. The lowest BCUT2D eigenvalue weighted by molar-refractivity contribution is 0.0887. The maximum absolute atomic E-state index is 13.7. The first-order valence-electron chi connectivity index (χ1n) is 6.28. The van der Waals surface area contributed by atoms with Crippen molar-refractivity contribution in [3.63, 3.8) is 0 Å². The van der Waals surface area contributed by atoms with E-state index in [1.54, 1.807) is 0 Å². The minimum absolute atomic E-state index is 0.0198. The normalized spacial score (nSPS) is 12.4. The summed E-state index contributed by atoms with van der Waals surface area (Å²) in [6.45, 7) is 10.2. The fourth-order valence-electron chi connectivity index (χ4n) is 2.42. The van der Waals surface area contributed by atoms with Crippen LogP contribution in [0.15, 0.2) is 18.2 Å². The lowest BCUT2D eigenvalue weighted by atomic mass is 9.81. The van der Waals surface area contributed by atoms with Crippen molar-refractivity contribution in [3.8, 4) is 0 Å². The topological polar surface area (TPSA) is 29.1 Å². The lowest BCUT2D eigenvalue weighted by Crippen LogP contribution is -2.46. The van der Waals surface area contributed by atoms with Crippen molar-refractivity contribution in [2.75, 3.05) is 0 Å². The Balaban J connectivity index is 2.84. The molecule has 4 heteroatoms. The second kappa shape index (κ2) is 5.49. The van der Waals surface area contributed by atoms with E-state index in [1.807, 2.05) is 13.8 Å². The van der Waals surface area contributed by atoms with Gasteiger partial charge < -0.3 is 5.32 Å². The van der Waals surface area contributed by atoms with E-state index in [0.717, 1.165) is 12.5 Å². The third kappa shape index (κ3) is 5.19. The van der Waals surface area contributed by atoms with Gasteiger partial charge in [-0.2, -0.15) is 0 Å². The molecule has 0 aliphatic heterocycles. The van der Waals surface area contributed by atoms with Gasteiger partial charge in [0.25, 0.3) is 5.91 Å². The highest BCUT2D eigenvalue weighted by atomic mass is 35.5. The van der Waals surface area contributed by atoms with E-state index in [4.69, 9.17) is 11.6 Å². The molecule has 0 heterocycles. The number of halogens is 2. The number of hydrogen-bond acceptors (Lipinski definition) is 1. The van der Waals surface area contributed by atoms with Crippen molar-refractivity contribution in [1.29, 1.82) is 0 Å². The molecule has 0 bridgehead atoms. The minimum atomic E-state index is -0.600. The van der Waals surface area contributed by atoms with Crippen LogP contribution in [0, 0.1) is 11.2 Å². The molecule has 0 saturated heterocycles. The first-order valence-corrected chi connectivity index (χ1v) is 6.66. The van der Waals surface area contributed by atoms with Crippen LogP contribution in [0.3, 0.4) is 0 Å². The highest BCUT2D eigenvalue weighted by Gasteiger charge is 2.28. The van der Waals surface area contributed by atoms with Crippen LogP contribution in [0.25, 0.3) is 0 Å². The number of carbonyl (C=O) groups excluding carboxylic acids is 1. The van der Waals surface area contributed by atoms with Crippen LogP contribution in [-0.4, -0.2) is 11.4 Å². The van der Waals surface area contributed by atoms with Gasteiger partial charge in [0.15, 0.2) is 0 Å². The Labute approximate surface area is 119 Å². The second-order valence-corrected chi connectivity index (χ2v) is 7.14. The summed E-state index contributed by atoms with van der Waals surface area (Å²) in [5, 5.41) is 3.15. The molecule has 0 spiro atoms. The molecule has 106 valence electrons. The van der Waals surface area contributed by atoms with Crippen LogP contribution in [0.2, 0.25) is 5.02 Å². The summed E-state index contributed by atoms with van der Waals surface area (Å²) in [5.74, 6) is -1.01. The number of rotatable bonds is 3. The molecule has 0 radical (unpaired) electrons. The third-order valence-corrected chi connectivity index (χ3v) is 2.84. The zero-order valence-electron chi connectivity index (χ0n) is 12.1. The van der Waals surface area contributed by atoms with E-state index >= 15 is 0 Å². The summed E-state index contributed by atoms with van der Waals surface area (Å²) < 4.78 is 13.7. The van der Waals surface area contributed by atoms with Crippen molar-refractivity contribution < 1.29 is 9.18 Å². The van der Waals surface area contributed by atoms with Gasteiger partial charge in [0.05, 0.1) is 5.56 Å². The minimum Gasteiger partial charge on any atom is -0.347 e. The van der Waals surface area contributed by atoms with Crippen molar-refractivity contribution >= 4 is 17.5 Å². The zero-order valence-corrected chi connectivity index (χ0v) is 12.9. The van der Waals surface area contributed by atoms with Crippen molar-refractivity contribution in [2.24, 2.45) is 5.41 Å². The SMILES string of the molecule is CC(C)(C)CC(C)(C)NC(=O)c1ccc(Cl)cc1F. The van der Waals surface area contributed by atoms with E-state index in [1.165, 1.54) is 12.1 Å². The molecule has 1 aromatic rings. The highest BCUT2D eigenvalue weighted by Crippen LogP contribution is 2.27. The van der Waals surface area contributed by atoms with Gasteiger partial charge in [-0.05, 0) is 43.9 Å². The number of benzene rings is 1. The smallest absolute Gasteiger partial charge is 0.254 e. The Morgan fingerprint density at radius 3 is 2.32 bits per heavy atom. The Kier molecular flexibility index (Phi) is 4.62. The van der Waals surface area contributed by atoms with Gasteiger partial charge in [0, 0.05) is 10.6 Å². The average Bonchev–Trinajstić information content (AvgIpc) is 2.11. The summed E-state index contributed by atoms with van der Waals surface area (Å²) in [4.78, 5) is 12.1. The van der Waals surface area contributed by atoms with Gasteiger partial charge in [0.1, 0.15) is 5.82 Å². The summed E-state index contributed by atoms with van der Waals surface area (Å²) in [6.07, 6.45) is 0.793. The van der Waals surface area contributed by atoms with E-state index < -0.39 is 17.3 Å². The van der Waals surface area contributed by atoms with Crippen molar-refractivity contribution in [2.45, 2.75) is 46.6 Å². The number of carbonyl (C=O) groups is 1. The molecule has 0 unspecified atom stereocenters. The van der Waals surface area contributed by atoms with Crippen LogP contribution < -0.4 is 5.32 Å². The first kappa shape index (κ1) is 16.0. The quantitative estimate of drug-likeness (QED) is 0.875. The zero-order chi connectivity index (χ0) is 14.8. The molecule has 2 nitrogen and oxygen atoms in total. The van der Waals surface area contributed by atoms with Gasteiger partial charge in [-0.3, -0.25) is 4.79 Å². The number of amides is 1. The van der Waals surface area contributed by atoms with Gasteiger partial charge in [0.2, 0.25) is 0 Å². The molecule has 1 rings (SSSR count). The van der Waals surface area contributed by atoms with Gasteiger partial charge in [-0.1, -0.05) is 32.4 Å². The first-order chi connectivity index (χ1) is 8.50. The lowest BCUT2D eigenvalue weighted by Gasteiger charge is -2.33. The molecule has 0 aliphatic rings. The molecule has 0 atom stereocenters. The number of hydrogen-bond donors (Lipinski definition) is 1. The molecule has 0 fully saturated rings. The molecule has 0 aliphatic carbocycles. The van der Waals surface area contributed by atoms with Crippen LogP contribution in [-0.2, 0) is 0 Å². The van der Waals surface area contributed by atoms with Gasteiger partial charge >= 0.3 is 0 Å². The fraction of sp³-hybridized carbons (Fsp3) is 0.533. The summed E-state index contributed by atoms with van der Waals surface area (Å²) >= 11 is 5.67. The van der Waals surface area contributed by atoms with Crippen LogP contribution in [0.1, 0.15) is 51.4 Å².